The summed E-state index contributed by atoms with van der Waals surface area (Å²) in [7, 11) is 2.95. The Balaban J connectivity index is 2.13. The maximum Gasteiger partial charge on any atom is 0.262 e. The molecule has 0 saturated carbocycles. The van der Waals surface area contributed by atoms with Crippen molar-refractivity contribution >= 4 is 33.4 Å². The van der Waals surface area contributed by atoms with Gasteiger partial charge in [0.15, 0.2) is 18.1 Å². The zero-order valence-corrected chi connectivity index (χ0v) is 15.1. The quantitative estimate of drug-likeness (QED) is 0.767. The van der Waals surface area contributed by atoms with Crippen molar-refractivity contribution in [3.05, 3.63) is 52.3 Å². The molecule has 0 radical (unpaired) electrons. The summed E-state index contributed by atoms with van der Waals surface area (Å²) >= 11 is 3.29. The van der Waals surface area contributed by atoms with Gasteiger partial charge in [0, 0.05) is 12.7 Å². The van der Waals surface area contributed by atoms with E-state index in [1.54, 1.807) is 18.2 Å². The van der Waals surface area contributed by atoms with Crippen LogP contribution in [0.4, 0.5) is 10.1 Å². The van der Waals surface area contributed by atoms with E-state index in [0.29, 0.717) is 21.5 Å². The van der Waals surface area contributed by atoms with Gasteiger partial charge in [0.25, 0.3) is 11.8 Å². The van der Waals surface area contributed by atoms with Gasteiger partial charge in [-0.3, -0.25) is 9.59 Å². The lowest BCUT2D eigenvalue weighted by atomic mass is 10.2. The molecule has 132 valence electrons. The van der Waals surface area contributed by atoms with E-state index in [-0.39, 0.29) is 18.3 Å². The molecule has 0 atom stereocenters. The molecule has 8 heteroatoms. The third-order valence-electron chi connectivity index (χ3n) is 3.21. The molecular formula is C17H16BrFN2O4. The fraction of sp³-hybridized carbons (Fsp3) is 0.176. The summed E-state index contributed by atoms with van der Waals surface area (Å²) in [6.45, 7) is -0.345. The predicted octanol–water partition coefficient (Wildman–Crippen LogP) is 2.97. The monoisotopic (exact) mass is 410 g/mol. The van der Waals surface area contributed by atoms with E-state index < -0.39 is 11.7 Å². The molecule has 0 saturated heterocycles. The first-order valence-corrected chi connectivity index (χ1v) is 8.02. The topological polar surface area (TPSA) is 76.7 Å². The SMILES string of the molecule is CNC(=O)c1ccc(OC)c(OCC(=O)Nc2cccc(F)c2)c1Br. The van der Waals surface area contributed by atoms with Crippen LogP contribution < -0.4 is 20.1 Å². The number of rotatable bonds is 6. The lowest BCUT2D eigenvalue weighted by Crippen LogP contribution is -2.21. The van der Waals surface area contributed by atoms with Crippen molar-refractivity contribution in [1.82, 2.24) is 5.32 Å². The summed E-state index contributed by atoms with van der Waals surface area (Å²) in [5.41, 5.74) is 0.655. The van der Waals surface area contributed by atoms with Crippen molar-refractivity contribution in [2.75, 3.05) is 26.1 Å². The minimum Gasteiger partial charge on any atom is -0.493 e. The number of carbonyl (C=O) groups is 2. The number of halogens is 2. The number of anilines is 1. The average molecular weight is 411 g/mol. The Morgan fingerprint density at radius 3 is 2.64 bits per heavy atom. The first kappa shape index (κ1) is 18.7. The molecule has 6 nitrogen and oxygen atoms in total. The Bertz CT molecular complexity index is 798. The van der Waals surface area contributed by atoms with Crippen LogP contribution in [0.25, 0.3) is 0 Å². The number of benzene rings is 2. The second-order valence-electron chi connectivity index (χ2n) is 4.88. The molecule has 2 amide bonds. The molecule has 0 heterocycles. The Labute approximate surface area is 152 Å². The molecule has 25 heavy (non-hydrogen) atoms. The van der Waals surface area contributed by atoms with Crippen molar-refractivity contribution < 1.29 is 23.5 Å². The molecule has 0 spiro atoms. The molecule has 2 N–H and O–H groups in total. The van der Waals surface area contributed by atoms with E-state index in [0.717, 1.165) is 0 Å². The van der Waals surface area contributed by atoms with E-state index in [2.05, 4.69) is 26.6 Å². The molecule has 2 aromatic carbocycles. The first-order valence-electron chi connectivity index (χ1n) is 7.23. The summed E-state index contributed by atoms with van der Waals surface area (Å²) in [5, 5.41) is 5.03. The van der Waals surface area contributed by atoms with Crippen LogP contribution in [0, 0.1) is 5.82 Å². The molecular weight excluding hydrogens is 395 g/mol. The second-order valence-corrected chi connectivity index (χ2v) is 5.68. The van der Waals surface area contributed by atoms with Gasteiger partial charge in [-0.05, 0) is 46.3 Å². The molecule has 0 unspecified atom stereocenters. The summed E-state index contributed by atoms with van der Waals surface area (Å²) < 4.78 is 24.2. The van der Waals surface area contributed by atoms with Crippen LogP contribution in [0.1, 0.15) is 10.4 Å². The largest absolute Gasteiger partial charge is 0.493 e. The molecule has 0 aromatic heterocycles. The summed E-state index contributed by atoms with van der Waals surface area (Å²) in [5.74, 6) is -0.675. The Kier molecular flexibility index (Phi) is 6.35. The van der Waals surface area contributed by atoms with Crippen LogP contribution in [0.5, 0.6) is 11.5 Å². The maximum absolute atomic E-state index is 13.1. The van der Waals surface area contributed by atoms with Crippen molar-refractivity contribution in [3.63, 3.8) is 0 Å². The smallest absolute Gasteiger partial charge is 0.262 e. The zero-order chi connectivity index (χ0) is 18.4. The van der Waals surface area contributed by atoms with Crippen LogP contribution >= 0.6 is 15.9 Å². The fourth-order valence-electron chi connectivity index (χ4n) is 2.04. The third-order valence-corrected chi connectivity index (χ3v) is 4.00. The van der Waals surface area contributed by atoms with Crippen LogP contribution in [-0.4, -0.2) is 32.6 Å². The van der Waals surface area contributed by atoms with Gasteiger partial charge >= 0.3 is 0 Å². The van der Waals surface area contributed by atoms with Crippen LogP contribution in [-0.2, 0) is 4.79 Å². The first-order chi connectivity index (χ1) is 12.0. The Hall–Kier alpha value is -2.61. The molecule has 0 bridgehead atoms. The third kappa shape index (κ3) is 4.69. The van der Waals surface area contributed by atoms with Crippen LogP contribution in [0.3, 0.4) is 0 Å². The normalized spacial score (nSPS) is 10.1. The van der Waals surface area contributed by atoms with Gasteiger partial charge < -0.3 is 20.1 Å². The summed E-state index contributed by atoms with van der Waals surface area (Å²) in [4.78, 5) is 23.8. The van der Waals surface area contributed by atoms with E-state index in [1.165, 1.54) is 32.4 Å². The highest BCUT2D eigenvalue weighted by atomic mass is 79.9. The molecule has 0 aliphatic rings. The molecule has 0 aliphatic heterocycles. The van der Waals surface area contributed by atoms with Crippen LogP contribution in [0.2, 0.25) is 0 Å². The van der Waals surface area contributed by atoms with Gasteiger partial charge in [-0.15, -0.1) is 0 Å². The van der Waals surface area contributed by atoms with Crippen molar-refractivity contribution in [3.8, 4) is 11.5 Å². The molecule has 0 fully saturated rings. The van der Waals surface area contributed by atoms with E-state index in [1.807, 2.05) is 0 Å². The number of hydrogen-bond acceptors (Lipinski definition) is 4. The summed E-state index contributed by atoms with van der Waals surface area (Å²) in [6.07, 6.45) is 0. The highest BCUT2D eigenvalue weighted by Crippen LogP contribution is 2.37. The van der Waals surface area contributed by atoms with Crippen molar-refractivity contribution in [2.45, 2.75) is 0 Å². The minimum absolute atomic E-state index is 0.220. The van der Waals surface area contributed by atoms with Crippen molar-refractivity contribution in [2.24, 2.45) is 0 Å². The second kappa shape index (κ2) is 8.48. The number of ether oxygens (including phenoxy) is 2. The van der Waals surface area contributed by atoms with E-state index in [9.17, 15) is 14.0 Å². The van der Waals surface area contributed by atoms with E-state index in [4.69, 9.17) is 9.47 Å². The maximum atomic E-state index is 13.1. The highest BCUT2D eigenvalue weighted by molar-refractivity contribution is 9.10. The number of carbonyl (C=O) groups excluding carboxylic acids is 2. The van der Waals surface area contributed by atoms with Gasteiger partial charge in [-0.1, -0.05) is 6.07 Å². The van der Waals surface area contributed by atoms with Crippen molar-refractivity contribution in [1.29, 1.82) is 0 Å². The number of methoxy groups -OCH3 is 1. The van der Waals surface area contributed by atoms with Gasteiger partial charge in [0.05, 0.1) is 17.1 Å². The lowest BCUT2D eigenvalue weighted by molar-refractivity contribution is -0.118. The zero-order valence-electron chi connectivity index (χ0n) is 13.6. The Morgan fingerprint density at radius 1 is 1.24 bits per heavy atom. The lowest BCUT2D eigenvalue weighted by Gasteiger charge is -2.14. The molecule has 2 aromatic rings. The number of nitrogens with one attached hydrogen (secondary N) is 2. The average Bonchev–Trinajstić information content (AvgIpc) is 2.59. The fourth-order valence-corrected chi connectivity index (χ4v) is 2.67. The predicted molar refractivity (Wildman–Crippen MR) is 94.6 cm³/mol. The molecule has 0 aliphatic carbocycles. The minimum atomic E-state index is -0.482. The molecule has 2 rings (SSSR count). The summed E-state index contributed by atoms with van der Waals surface area (Å²) in [6, 6.07) is 8.65. The standard InChI is InChI=1S/C17H16BrFN2O4/c1-20-17(23)12-6-7-13(24-2)16(15(12)18)25-9-14(22)21-11-5-3-4-10(19)8-11/h3-8H,9H2,1-2H3,(H,20,23)(H,21,22). The van der Waals surface area contributed by atoms with Gasteiger partial charge in [-0.2, -0.15) is 0 Å². The van der Waals surface area contributed by atoms with Gasteiger partial charge in [-0.25, -0.2) is 4.39 Å². The van der Waals surface area contributed by atoms with E-state index >= 15 is 0 Å². The van der Waals surface area contributed by atoms with Crippen LogP contribution in [0.15, 0.2) is 40.9 Å². The van der Waals surface area contributed by atoms with Gasteiger partial charge in [0.1, 0.15) is 5.82 Å². The van der Waals surface area contributed by atoms with Gasteiger partial charge in [0.2, 0.25) is 0 Å². The number of amides is 2. The number of hydrogen-bond donors (Lipinski definition) is 2. The highest BCUT2D eigenvalue weighted by Gasteiger charge is 2.18. The Morgan fingerprint density at radius 2 is 2.00 bits per heavy atom.